The van der Waals surface area contributed by atoms with Crippen molar-refractivity contribution in [1.82, 2.24) is 9.97 Å². The van der Waals surface area contributed by atoms with Gasteiger partial charge in [-0.2, -0.15) is 0 Å². The fraction of sp³-hybridized carbons (Fsp3) is 0.500. The van der Waals surface area contributed by atoms with E-state index in [1.807, 2.05) is 5.38 Å². The molecule has 8 heteroatoms. The first-order valence-corrected chi connectivity index (χ1v) is 9.66. The molecule has 140 valence electrons. The average Bonchev–Trinajstić information content (AvgIpc) is 3.31. The number of thiazole rings is 1. The van der Waals surface area contributed by atoms with Crippen LogP contribution in [0.3, 0.4) is 0 Å². The summed E-state index contributed by atoms with van der Waals surface area (Å²) in [7, 11) is 1.33. The van der Waals surface area contributed by atoms with Crippen LogP contribution < -0.4 is 11.1 Å². The molecule has 0 aromatic carbocycles. The topological polar surface area (TPSA) is 110 Å². The van der Waals surface area contributed by atoms with E-state index in [1.54, 1.807) is 12.3 Å². The van der Waals surface area contributed by atoms with E-state index in [4.69, 9.17) is 5.73 Å². The van der Waals surface area contributed by atoms with Crippen LogP contribution in [-0.4, -0.2) is 35.5 Å². The number of H-pyrrole nitrogens is 1. The molecule has 2 heterocycles. The van der Waals surface area contributed by atoms with Crippen molar-refractivity contribution in [3.05, 3.63) is 23.3 Å². The maximum Gasteiger partial charge on any atom is 0.354 e. The maximum atomic E-state index is 12.5. The van der Waals surface area contributed by atoms with Crippen molar-refractivity contribution in [2.45, 2.75) is 38.5 Å². The van der Waals surface area contributed by atoms with E-state index in [-0.39, 0.29) is 11.3 Å². The molecule has 0 saturated heterocycles. The Morgan fingerprint density at radius 1 is 1.38 bits per heavy atom. The zero-order valence-electron chi connectivity index (χ0n) is 14.8. The Hall–Kier alpha value is -2.19. The number of ether oxygens (including phenoxy) is 1. The predicted molar refractivity (Wildman–Crippen MR) is 101 cm³/mol. The van der Waals surface area contributed by atoms with Gasteiger partial charge in [0, 0.05) is 23.6 Å². The van der Waals surface area contributed by atoms with E-state index in [9.17, 15) is 9.59 Å². The van der Waals surface area contributed by atoms with Crippen molar-refractivity contribution < 1.29 is 14.3 Å². The Morgan fingerprint density at radius 3 is 2.85 bits per heavy atom. The molecule has 0 atom stereocenters. The number of anilines is 1. The number of methoxy groups -OCH3 is 1. The molecule has 2 aromatic heterocycles. The predicted octanol–water partition coefficient (Wildman–Crippen LogP) is 3.16. The second-order valence-electron chi connectivity index (χ2n) is 6.82. The van der Waals surface area contributed by atoms with E-state index in [0.29, 0.717) is 29.5 Å². The Labute approximate surface area is 156 Å². The summed E-state index contributed by atoms with van der Waals surface area (Å²) in [5, 5.41) is 5.29. The third-order valence-corrected chi connectivity index (χ3v) is 5.78. The van der Waals surface area contributed by atoms with E-state index >= 15 is 0 Å². The van der Waals surface area contributed by atoms with E-state index in [0.717, 1.165) is 31.2 Å². The summed E-state index contributed by atoms with van der Waals surface area (Å²) in [4.78, 5) is 31.3. The molecule has 1 fully saturated rings. The summed E-state index contributed by atoms with van der Waals surface area (Å²) < 4.78 is 4.68. The van der Waals surface area contributed by atoms with Gasteiger partial charge in [-0.05, 0) is 30.9 Å². The molecule has 3 rings (SSSR count). The number of aromatic nitrogens is 2. The van der Waals surface area contributed by atoms with Gasteiger partial charge in [0.2, 0.25) is 5.91 Å². The fourth-order valence-electron chi connectivity index (χ4n) is 3.49. The molecule has 0 bridgehead atoms. The number of nitrogens with zero attached hydrogens (tertiary/aromatic N) is 1. The lowest BCUT2D eigenvalue weighted by molar-refractivity contribution is -0.118. The van der Waals surface area contributed by atoms with Crippen LogP contribution >= 0.6 is 11.3 Å². The van der Waals surface area contributed by atoms with Crippen molar-refractivity contribution in [1.29, 1.82) is 0 Å². The smallest absolute Gasteiger partial charge is 0.354 e. The van der Waals surface area contributed by atoms with Crippen LogP contribution in [0.5, 0.6) is 0 Å². The van der Waals surface area contributed by atoms with Crippen molar-refractivity contribution in [2.24, 2.45) is 11.1 Å². The summed E-state index contributed by atoms with van der Waals surface area (Å²) in [5.74, 6) is -0.470. The number of carbonyl (C=O) groups excluding carboxylic acids is 2. The van der Waals surface area contributed by atoms with Gasteiger partial charge in [-0.15, -0.1) is 11.3 Å². The summed E-state index contributed by atoms with van der Waals surface area (Å²) in [6, 6.07) is 1.68. The number of esters is 1. The second kappa shape index (κ2) is 8.01. The Balaban J connectivity index is 1.63. The maximum absolute atomic E-state index is 12.5. The minimum atomic E-state index is -0.431. The minimum absolute atomic E-state index is 0.0393. The lowest BCUT2D eigenvalue weighted by Crippen LogP contribution is -2.36. The number of nitrogens with two attached hydrogens (primary N) is 1. The zero-order valence-corrected chi connectivity index (χ0v) is 15.7. The number of carbonyl (C=O) groups is 2. The number of hydrogen-bond donors (Lipinski definition) is 3. The fourth-order valence-corrected chi connectivity index (χ4v) is 4.23. The third kappa shape index (κ3) is 4.13. The quantitative estimate of drug-likeness (QED) is 0.671. The first kappa shape index (κ1) is 18.6. The van der Waals surface area contributed by atoms with Gasteiger partial charge in [-0.3, -0.25) is 4.79 Å². The van der Waals surface area contributed by atoms with Crippen molar-refractivity contribution in [3.8, 4) is 11.3 Å². The van der Waals surface area contributed by atoms with Crippen molar-refractivity contribution >= 4 is 28.3 Å². The lowest BCUT2D eigenvalue weighted by Gasteiger charge is -2.35. The molecule has 0 spiro atoms. The van der Waals surface area contributed by atoms with Crippen LogP contribution in [0.15, 0.2) is 17.6 Å². The monoisotopic (exact) mass is 376 g/mol. The van der Waals surface area contributed by atoms with Gasteiger partial charge in [-0.1, -0.05) is 19.3 Å². The molecule has 1 amide bonds. The Morgan fingerprint density at radius 2 is 2.15 bits per heavy atom. The Kier molecular flexibility index (Phi) is 5.73. The summed E-state index contributed by atoms with van der Waals surface area (Å²) in [6.45, 7) is 0.545. The summed E-state index contributed by atoms with van der Waals surface area (Å²) in [6.07, 6.45) is 7.67. The first-order valence-electron chi connectivity index (χ1n) is 8.78. The normalized spacial score (nSPS) is 16.2. The highest BCUT2D eigenvalue weighted by Crippen LogP contribution is 2.38. The Bertz CT molecular complexity index is 777. The van der Waals surface area contributed by atoms with E-state index in [2.05, 4.69) is 20.0 Å². The number of nitrogens with one attached hydrogen (secondary N) is 2. The largest absolute Gasteiger partial charge is 0.464 e. The van der Waals surface area contributed by atoms with Crippen LogP contribution in [0.1, 0.15) is 49.0 Å². The van der Waals surface area contributed by atoms with E-state index in [1.165, 1.54) is 24.9 Å². The van der Waals surface area contributed by atoms with Gasteiger partial charge in [0.05, 0.1) is 12.8 Å². The van der Waals surface area contributed by atoms with Crippen molar-refractivity contribution in [2.75, 3.05) is 19.0 Å². The molecule has 1 saturated carbocycles. The van der Waals surface area contributed by atoms with Crippen LogP contribution in [0.4, 0.5) is 5.13 Å². The van der Waals surface area contributed by atoms with E-state index < -0.39 is 5.97 Å². The highest BCUT2D eigenvalue weighted by Gasteiger charge is 2.33. The van der Waals surface area contributed by atoms with Crippen LogP contribution in [-0.2, 0) is 9.53 Å². The molecule has 0 unspecified atom stereocenters. The standard InChI is InChI=1S/C18H24N4O3S/c1-25-16(24)13-7-12(9-20-13)14-10-26-17(21-14)22-15(23)8-18(11-19)5-3-2-4-6-18/h7,9-10,20H,2-6,8,11,19H2,1H3,(H,21,22,23). The third-order valence-electron chi connectivity index (χ3n) is 5.02. The molecule has 26 heavy (non-hydrogen) atoms. The van der Waals surface area contributed by atoms with Gasteiger partial charge in [0.15, 0.2) is 5.13 Å². The van der Waals surface area contributed by atoms with Crippen LogP contribution in [0.25, 0.3) is 11.3 Å². The molecule has 2 aromatic rings. The van der Waals surface area contributed by atoms with Crippen molar-refractivity contribution in [3.63, 3.8) is 0 Å². The highest BCUT2D eigenvalue weighted by atomic mass is 32.1. The van der Waals surface area contributed by atoms with Gasteiger partial charge >= 0.3 is 5.97 Å². The summed E-state index contributed by atoms with van der Waals surface area (Å²) >= 11 is 1.36. The SMILES string of the molecule is COC(=O)c1cc(-c2csc(NC(=O)CC3(CN)CCCCC3)n2)c[nH]1. The van der Waals surface area contributed by atoms with Crippen LogP contribution in [0.2, 0.25) is 0 Å². The molecule has 1 aliphatic rings. The highest BCUT2D eigenvalue weighted by molar-refractivity contribution is 7.14. The second-order valence-corrected chi connectivity index (χ2v) is 7.68. The molecular weight excluding hydrogens is 352 g/mol. The molecule has 4 N–H and O–H groups in total. The van der Waals surface area contributed by atoms with Gasteiger partial charge < -0.3 is 20.8 Å². The molecule has 1 aliphatic carbocycles. The average molecular weight is 376 g/mol. The summed E-state index contributed by atoms with van der Waals surface area (Å²) in [5.41, 5.74) is 7.73. The number of hydrogen-bond acceptors (Lipinski definition) is 6. The molecule has 0 aliphatic heterocycles. The first-order chi connectivity index (χ1) is 12.5. The number of aromatic amines is 1. The van der Waals surface area contributed by atoms with Gasteiger partial charge in [-0.25, -0.2) is 9.78 Å². The number of rotatable bonds is 6. The zero-order chi connectivity index (χ0) is 18.6. The number of amides is 1. The van der Waals surface area contributed by atoms with Gasteiger partial charge in [0.25, 0.3) is 0 Å². The van der Waals surface area contributed by atoms with Crippen LogP contribution in [0, 0.1) is 5.41 Å². The lowest BCUT2D eigenvalue weighted by atomic mass is 9.72. The molecular formula is C18H24N4O3S. The molecule has 0 radical (unpaired) electrons. The minimum Gasteiger partial charge on any atom is -0.464 e. The molecule has 7 nitrogen and oxygen atoms in total. The van der Waals surface area contributed by atoms with Gasteiger partial charge in [0.1, 0.15) is 5.69 Å².